The van der Waals surface area contributed by atoms with Crippen molar-refractivity contribution in [3.05, 3.63) is 24.0 Å². The van der Waals surface area contributed by atoms with Gasteiger partial charge in [0.25, 0.3) is 0 Å². The highest BCUT2D eigenvalue weighted by Crippen LogP contribution is 2.38. The summed E-state index contributed by atoms with van der Waals surface area (Å²) >= 11 is 0. The number of rotatable bonds is 2. The van der Waals surface area contributed by atoms with Gasteiger partial charge in [0.05, 0.1) is 11.0 Å². The number of hydrogen-bond acceptors (Lipinski definition) is 2. The zero-order chi connectivity index (χ0) is 12.0. The van der Waals surface area contributed by atoms with Gasteiger partial charge in [0.2, 0.25) is 5.95 Å². The Bertz CT molecular complexity index is 557. The Balaban J connectivity index is 2.11. The van der Waals surface area contributed by atoms with Gasteiger partial charge in [-0.15, -0.1) is 0 Å². The van der Waals surface area contributed by atoms with Crippen LogP contribution in [-0.2, 0) is 0 Å². The summed E-state index contributed by atoms with van der Waals surface area (Å²) < 4.78 is 15.2. The van der Waals surface area contributed by atoms with Gasteiger partial charge in [0.1, 0.15) is 5.82 Å². The molecule has 4 heteroatoms. The van der Waals surface area contributed by atoms with Gasteiger partial charge < -0.3 is 10.3 Å². The van der Waals surface area contributed by atoms with Gasteiger partial charge in [0, 0.05) is 12.1 Å². The van der Waals surface area contributed by atoms with E-state index in [9.17, 15) is 4.39 Å². The maximum absolute atomic E-state index is 13.1. The number of benzene rings is 1. The van der Waals surface area contributed by atoms with E-state index in [4.69, 9.17) is 5.73 Å². The van der Waals surface area contributed by atoms with Crippen molar-refractivity contribution in [2.75, 3.05) is 5.73 Å². The van der Waals surface area contributed by atoms with Gasteiger partial charge in [0.15, 0.2) is 0 Å². The molecular weight excluding hydrogens is 217 g/mol. The number of imidazole rings is 1. The van der Waals surface area contributed by atoms with Crippen LogP contribution in [0.5, 0.6) is 0 Å². The predicted octanol–water partition coefficient (Wildman–Crippen LogP) is 3.12. The largest absolute Gasteiger partial charge is 0.369 e. The van der Waals surface area contributed by atoms with Crippen LogP contribution < -0.4 is 5.73 Å². The third-order valence-electron chi connectivity index (χ3n) is 3.92. The lowest BCUT2D eigenvalue weighted by molar-refractivity contribution is 0.227. The van der Waals surface area contributed by atoms with Crippen LogP contribution in [0.3, 0.4) is 0 Å². The number of nitrogens with zero attached hydrogens (tertiary/aromatic N) is 2. The Labute approximate surface area is 99.4 Å². The van der Waals surface area contributed by atoms with Gasteiger partial charge in [-0.05, 0) is 37.8 Å². The molecule has 1 aromatic carbocycles. The molecule has 1 saturated carbocycles. The number of anilines is 1. The maximum Gasteiger partial charge on any atom is 0.201 e. The van der Waals surface area contributed by atoms with E-state index in [-0.39, 0.29) is 5.82 Å². The summed E-state index contributed by atoms with van der Waals surface area (Å²) in [5.74, 6) is 0.906. The molecular formula is C13H16FN3. The first kappa shape index (κ1) is 10.6. The third-order valence-corrected chi connectivity index (χ3v) is 3.92. The molecule has 3 nitrogen and oxygen atoms in total. The quantitative estimate of drug-likeness (QED) is 0.866. The van der Waals surface area contributed by atoms with Crippen molar-refractivity contribution < 1.29 is 4.39 Å². The first-order valence-corrected chi connectivity index (χ1v) is 6.10. The number of hydrogen-bond donors (Lipinski definition) is 1. The van der Waals surface area contributed by atoms with Crippen molar-refractivity contribution in [1.82, 2.24) is 9.55 Å². The molecule has 1 aliphatic carbocycles. The fourth-order valence-corrected chi connectivity index (χ4v) is 2.65. The summed E-state index contributed by atoms with van der Waals surface area (Å²) in [5.41, 5.74) is 7.53. The monoisotopic (exact) mass is 233 g/mol. The van der Waals surface area contributed by atoms with Crippen molar-refractivity contribution >= 4 is 17.0 Å². The minimum Gasteiger partial charge on any atom is -0.369 e. The standard InChI is InChI=1S/C13H16FN3/c1-8(9-3-2-4-9)17-12-6-5-10(14)7-11(12)16-13(17)15/h5-9H,2-4H2,1H3,(H2,15,16). The average molecular weight is 233 g/mol. The van der Waals surface area contributed by atoms with Crippen LogP contribution >= 0.6 is 0 Å². The van der Waals surface area contributed by atoms with E-state index >= 15 is 0 Å². The smallest absolute Gasteiger partial charge is 0.201 e. The predicted molar refractivity (Wildman–Crippen MR) is 66.2 cm³/mol. The summed E-state index contributed by atoms with van der Waals surface area (Å²) in [5, 5.41) is 0. The maximum atomic E-state index is 13.1. The van der Waals surface area contributed by atoms with Crippen LogP contribution in [0.2, 0.25) is 0 Å². The zero-order valence-electron chi connectivity index (χ0n) is 9.86. The molecule has 1 aliphatic rings. The lowest BCUT2D eigenvalue weighted by Crippen LogP contribution is -2.23. The van der Waals surface area contributed by atoms with Crippen molar-refractivity contribution in [2.24, 2.45) is 5.92 Å². The highest BCUT2D eigenvalue weighted by Gasteiger charge is 2.27. The topological polar surface area (TPSA) is 43.8 Å². The second-order valence-corrected chi connectivity index (χ2v) is 4.90. The Hall–Kier alpha value is -1.58. The van der Waals surface area contributed by atoms with Gasteiger partial charge in [-0.25, -0.2) is 9.37 Å². The van der Waals surface area contributed by atoms with Gasteiger partial charge in [-0.1, -0.05) is 6.42 Å². The Morgan fingerprint density at radius 2 is 2.24 bits per heavy atom. The van der Waals surface area contributed by atoms with Crippen LogP contribution in [0.15, 0.2) is 18.2 Å². The lowest BCUT2D eigenvalue weighted by atomic mass is 9.80. The molecule has 90 valence electrons. The first-order chi connectivity index (χ1) is 8.16. The minimum absolute atomic E-state index is 0.265. The fourth-order valence-electron chi connectivity index (χ4n) is 2.65. The summed E-state index contributed by atoms with van der Waals surface area (Å²) in [4.78, 5) is 4.24. The van der Waals surface area contributed by atoms with E-state index in [1.807, 2.05) is 4.57 Å². The number of nitrogens with two attached hydrogens (primary N) is 1. The van der Waals surface area contributed by atoms with E-state index in [1.165, 1.54) is 31.4 Å². The average Bonchev–Trinajstić information content (AvgIpc) is 2.50. The van der Waals surface area contributed by atoms with E-state index < -0.39 is 0 Å². The van der Waals surface area contributed by atoms with E-state index in [0.29, 0.717) is 23.4 Å². The van der Waals surface area contributed by atoms with Gasteiger partial charge >= 0.3 is 0 Å². The molecule has 3 rings (SSSR count). The molecule has 0 spiro atoms. The molecule has 1 heterocycles. The number of nitrogen functional groups attached to an aromatic ring is 1. The molecule has 0 saturated heterocycles. The minimum atomic E-state index is -0.265. The zero-order valence-corrected chi connectivity index (χ0v) is 9.86. The normalized spacial score (nSPS) is 18.2. The van der Waals surface area contributed by atoms with Crippen LogP contribution in [-0.4, -0.2) is 9.55 Å². The molecule has 2 aromatic rings. The Morgan fingerprint density at radius 1 is 1.47 bits per heavy atom. The molecule has 0 amide bonds. The first-order valence-electron chi connectivity index (χ1n) is 6.10. The Morgan fingerprint density at radius 3 is 2.88 bits per heavy atom. The molecule has 1 unspecified atom stereocenters. The number of fused-ring (bicyclic) bond motifs is 1. The van der Waals surface area contributed by atoms with Gasteiger partial charge in [-0.2, -0.15) is 0 Å². The SMILES string of the molecule is CC(C1CCC1)n1c(N)nc2cc(F)ccc21. The van der Waals surface area contributed by atoms with Gasteiger partial charge in [-0.3, -0.25) is 0 Å². The van der Waals surface area contributed by atoms with Crippen LogP contribution in [0.25, 0.3) is 11.0 Å². The highest BCUT2D eigenvalue weighted by atomic mass is 19.1. The highest BCUT2D eigenvalue weighted by molar-refractivity contribution is 5.78. The molecule has 0 bridgehead atoms. The third kappa shape index (κ3) is 1.59. The van der Waals surface area contributed by atoms with Crippen molar-refractivity contribution in [3.63, 3.8) is 0 Å². The van der Waals surface area contributed by atoms with E-state index in [2.05, 4.69) is 11.9 Å². The second-order valence-electron chi connectivity index (χ2n) is 4.90. The van der Waals surface area contributed by atoms with Crippen molar-refractivity contribution in [1.29, 1.82) is 0 Å². The number of aromatic nitrogens is 2. The molecule has 0 aliphatic heterocycles. The molecule has 17 heavy (non-hydrogen) atoms. The Kier molecular flexibility index (Phi) is 2.31. The van der Waals surface area contributed by atoms with Crippen LogP contribution in [0.1, 0.15) is 32.2 Å². The summed E-state index contributed by atoms with van der Waals surface area (Å²) in [6.07, 6.45) is 3.80. The molecule has 2 N–H and O–H groups in total. The molecule has 1 atom stereocenters. The lowest BCUT2D eigenvalue weighted by Gasteiger charge is -2.32. The van der Waals surface area contributed by atoms with E-state index in [1.54, 1.807) is 6.07 Å². The second kappa shape index (κ2) is 3.72. The number of halogens is 1. The van der Waals surface area contributed by atoms with Crippen LogP contribution in [0.4, 0.5) is 10.3 Å². The summed E-state index contributed by atoms with van der Waals surface area (Å²) in [6, 6.07) is 5.02. The summed E-state index contributed by atoms with van der Waals surface area (Å²) in [7, 11) is 0. The molecule has 1 fully saturated rings. The fraction of sp³-hybridized carbons (Fsp3) is 0.462. The van der Waals surface area contributed by atoms with Crippen LogP contribution in [0, 0.1) is 11.7 Å². The molecule has 0 radical (unpaired) electrons. The van der Waals surface area contributed by atoms with Crippen molar-refractivity contribution in [3.8, 4) is 0 Å². The summed E-state index contributed by atoms with van der Waals surface area (Å²) in [6.45, 7) is 2.17. The van der Waals surface area contributed by atoms with E-state index in [0.717, 1.165) is 5.52 Å². The molecule has 1 aromatic heterocycles. The van der Waals surface area contributed by atoms with Crippen molar-refractivity contribution in [2.45, 2.75) is 32.2 Å².